The summed E-state index contributed by atoms with van der Waals surface area (Å²) < 4.78 is 0. The van der Waals surface area contributed by atoms with Gasteiger partial charge in [-0.05, 0) is 36.9 Å². The number of aromatic amines is 1. The van der Waals surface area contributed by atoms with Crippen molar-refractivity contribution in [3.8, 4) is 0 Å². The molecule has 2 rings (SSSR count). The summed E-state index contributed by atoms with van der Waals surface area (Å²) in [5.74, 6) is 0.891. The molecule has 0 spiro atoms. The predicted octanol–water partition coefficient (Wildman–Crippen LogP) is 0.874. The van der Waals surface area contributed by atoms with Gasteiger partial charge in [0.1, 0.15) is 0 Å². The van der Waals surface area contributed by atoms with E-state index < -0.39 is 0 Å². The topological polar surface area (TPSA) is 44.9 Å². The molecule has 0 saturated heterocycles. The Kier molecular flexibility index (Phi) is 2.45. The molecule has 0 radical (unpaired) electrons. The molecule has 3 nitrogen and oxygen atoms in total. The third-order valence-corrected chi connectivity index (χ3v) is 2.30. The van der Waals surface area contributed by atoms with Gasteiger partial charge in [-0.2, -0.15) is 0 Å². The molecule has 1 heterocycles. The number of nitrogens with one attached hydrogen (secondary N) is 2. The molecule has 1 aromatic heterocycles. The second kappa shape index (κ2) is 3.75. The molecule has 3 heteroatoms. The van der Waals surface area contributed by atoms with Crippen LogP contribution in [-0.2, 0) is 6.54 Å². The molecule has 0 aliphatic heterocycles. The highest BCUT2D eigenvalue weighted by Gasteiger charge is 2.19. The fourth-order valence-corrected chi connectivity index (χ4v) is 1.34. The Labute approximate surface area is 77.2 Å². The predicted molar refractivity (Wildman–Crippen MR) is 51.5 cm³/mol. The van der Waals surface area contributed by atoms with Crippen LogP contribution in [0.3, 0.4) is 0 Å². The Morgan fingerprint density at radius 3 is 3.08 bits per heavy atom. The summed E-state index contributed by atoms with van der Waals surface area (Å²) in [6.45, 7) is 1.90. The van der Waals surface area contributed by atoms with Crippen LogP contribution in [0.5, 0.6) is 0 Å². The van der Waals surface area contributed by atoms with Crippen molar-refractivity contribution in [1.82, 2.24) is 10.3 Å². The standard InChI is InChI=1S/C10H14N2O/c13-10-5-9(3-4-12-10)7-11-6-8-1-2-8/h3-5,8,11H,1-2,6-7H2,(H,12,13). The van der Waals surface area contributed by atoms with E-state index in [9.17, 15) is 4.79 Å². The van der Waals surface area contributed by atoms with Crippen LogP contribution in [0.15, 0.2) is 23.1 Å². The van der Waals surface area contributed by atoms with E-state index >= 15 is 0 Å². The van der Waals surface area contributed by atoms with Crippen LogP contribution in [0.2, 0.25) is 0 Å². The summed E-state index contributed by atoms with van der Waals surface area (Å²) in [5.41, 5.74) is 1.04. The largest absolute Gasteiger partial charge is 0.329 e. The summed E-state index contributed by atoms with van der Waals surface area (Å²) in [5, 5.41) is 3.34. The van der Waals surface area contributed by atoms with Gasteiger partial charge in [0.25, 0.3) is 0 Å². The molecule has 0 unspecified atom stereocenters. The average molecular weight is 178 g/mol. The Bertz CT molecular complexity index is 328. The molecular formula is C10H14N2O. The summed E-state index contributed by atoms with van der Waals surface area (Å²) >= 11 is 0. The van der Waals surface area contributed by atoms with Crippen LogP contribution in [0.1, 0.15) is 18.4 Å². The maximum atomic E-state index is 10.9. The summed E-state index contributed by atoms with van der Waals surface area (Å²) in [6, 6.07) is 3.57. The lowest BCUT2D eigenvalue weighted by Gasteiger charge is -2.02. The number of rotatable bonds is 4. The molecule has 1 aromatic rings. The van der Waals surface area contributed by atoms with Crippen molar-refractivity contribution in [3.63, 3.8) is 0 Å². The maximum Gasteiger partial charge on any atom is 0.248 e. The quantitative estimate of drug-likeness (QED) is 0.718. The zero-order valence-corrected chi connectivity index (χ0v) is 7.55. The van der Waals surface area contributed by atoms with Gasteiger partial charge in [0.15, 0.2) is 0 Å². The molecule has 1 fully saturated rings. The van der Waals surface area contributed by atoms with E-state index in [1.165, 1.54) is 12.8 Å². The third kappa shape index (κ3) is 2.70. The van der Waals surface area contributed by atoms with E-state index in [2.05, 4.69) is 10.3 Å². The van der Waals surface area contributed by atoms with Gasteiger partial charge >= 0.3 is 0 Å². The first-order valence-electron chi connectivity index (χ1n) is 4.73. The maximum absolute atomic E-state index is 10.9. The minimum Gasteiger partial charge on any atom is -0.329 e. The van der Waals surface area contributed by atoms with Crippen molar-refractivity contribution in [2.75, 3.05) is 6.54 Å². The Balaban J connectivity index is 1.82. The lowest BCUT2D eigenvalue weighted by molar-refractivity contribution is 0.638. The first-order valence-corrected chi connectivity index (χ1v) is 4.73. The molecule has 0 atom stereocenters. The number of aromatic nitrogens is 1. The number of hydrogen-bond donors (Lipinski definition) is 2. The van der Waals surface area contributed by atoms with E-state index in [0.717, 1.165) is 24.6 Å². The number of pyridine rings is 1. The zero-order chi connectivity index (χ0) is 9.10. The van der Waals surface area contributed by atoms with Gasteiger partial charge in [-0.1, -0.05) is 0 Å². The molecule has 1 aliphatic carbocycles. The minimum absolute atomic E-state index is 0.0225. The molecule has 0 amide bonds. The monoisotopic (exact) mass is 178 g/mol. The first kappa shape index (κ1) is 8.51. The summed E-state index contributed by atoms with van der Waals surface area (Å²) in [6.07, 6.45) is 4.42. The van der Waals surface area contributed by atoms with E-state index in [1.54, 1.807) is 12.3 Å². The molecular weight excluding hydrogens is 164 g/mol. The van der Waals surface area contributed by atoms with Gasteiger partial charge in [-0.25, -0.2) is 0 Å². The summed E-state index contributed by atoms with van der Waals surface area (Å²) in [4.78, 5) is 13.5. The molecule has 13 heavy (non-hydrogen) atoms. The highest BCUT2D eigenvalue weighted by Crippen LogP contribution is 2.27. The minimum atomic E-state index is -0.0225. The normalized spacial score (nSPS) is 16.0. The average Bonchev–Trinajstić information content (AvgIpc) is 2.88. The molecule has 0 bridgehead atoms. The van der Waals surface area contributed by atoms with Gasteiger partial charge < -0.3 is 10.3 Å². The van der Waals surface area contributed by atoms with Crippen LogP contribution in [-0.4, -0.2) is 11.5 Å². The van der Waals surface area contributed by atoms with Crippen LogP contribution in [0, 0.1) is 5.92 Å². The lowest BCUT2D eigenvalue weighted by Crippen LogP contribution is -2.17. The van der Waals surface area contributed by atoms with Gasteiger partial charge in [0, 0.05) is 18.8 Å². The molecule has 2 N–H and O–H groups in total. The Morgan fingerprint density at radius 2 is 2.38 bits per heavy atom. The van der Waals surface area contributed by atoms with Crippen molar-refractivity contribution >= 4 is 0 Å². The Morgan fingerprint density at radius 1 is 1.54 bits per heavy atom. The second-order valence-corrected chi connectivity index (χ2v) is 3.64. The SMILES string of the molecule is O=c1cc(CNCC2CC2)cc[nH]1. The van der Waals surface area contributed by atoms with Crippen molar-refractivity contribution in [2.24, 2.45) is 5.92 Å². The van der Waals surface area contributed by atoms with Crippen molar-refractivity contribution in [2.45, 2.75) is 19.4 Å². The number of hydrogen-bond acceptors (Lipinski definition) is 2. The summed E-state index contributed by atoms with van der Waals surface area (Å²) in [7, 11) is 0. The second-order valence-electron chi connectivity index (χ2n) is 3.64. The highest BCUT2D eigenvalue weighted by atomic mass is 16.1. The Hall–Kier alpha value is -1.09. The molecule has 1 saturated carbocycles. The van der Waals surface area contributed by atoms with Crippen LogP contribution in [0.4, 0.5) is 0 Å². The smallest absolute Gasteiger partial charge is 0.248 e. The molecule has 70 valence electrons. The molecule has 1 aliphatic rings. The van der Waals surface area contributed by atoms with Crippen molar-refractivity contribution in [3.05, 3.63) is 34.2 Å². The van der Waals surface area contributed by atoms with Gasteiger partial charge in [0.05, 0.1) is 0 Å². The van der Waals surface area contributed by atoms with Crippen molar-refractivity contribution < 1.29 is 0 Å². The third-order valence-electron chi connectivity index (χ3n) is 2.30. The van der Waals surface area contributed by atoms with E-state index in [4.69, 9.17) is 0 Å². The lowest BCUT2D eigenvalue weighted by atomic mass is 10.2. The van der Waals surface area contributed by atoms with E-state index in [-0.39, 0.29) is 5.56 Å². The van der Waals surface area contributed by atoms with Gasteiger partial charge in [-0.3, -0.25) is 4.79 Å². The van der Waals surface area contributed by atoms with Gasteiger partial charge in [-0.15, -0.1) is 0 Å². The zero-order valence-electron chi connectivity index (χ0n) is 7.55. The fraction of sp³-hybridized carbons (Fsp3) is 0.500. The van der Waals surface area contributed by atoms with E-state index in [1.807, 2.05) is 6.07 Å². The fourth-order valence-electron chi connectivity index (χ4n) is 1.34. The van der Waals surface area contributed by atoms with Crippen molar-refractivity contribution in [1.29, 1.82) is 0 Å². The van der Waals surface area contributed by atoms with Crippen LogP contribution >= 0.6 is 0 Å². The first-order chi connectivity index (χ1) is 6.34. The van der Waals surface area contributed by atoms with E-state index in [0.29, 0.717) is 0 Å². The highest BCUT2D eigenvalue weighted by molar-refractivity contribution is 5.09. The molecule has 0 aromatic carbocycles. The van der Waals surface area contributed by atoms with Crippen LogP contribution < -0.4 is 10.9 Å². The van der Waals surface area contributed by atoms with Gasteiger partial charge in [0.2, 0.25) is 5.56 Å². The van der Waals surface area contributed by atoms with Crippen LogP contribution in [0.25, 0.3) is 0 Å². The number of H-pyrrole nitrogens is 1.